The van der Waals surface area contributed by atoms with Crippen LogP contribution in [0.15, 0.2) is 18.2 Å². The molecule has 0 saturated heterocycles. The summed E-state index contributed by atoms with van der Waals surface area (Å²) in [7, 11) is 1.49. The fourth-order valence-electron chi connectivity index (χ4n) is 1.24. The second kappa shape index (κ2) is 4.71. The zero-order valence-electron chi connectivity index (χ0n) is 10.1. The number of halogens is 1. The second-order valence-corrected chi connectivity index (χ2v) is 4.50. The van der Waals surface area contributed by atoms with Crippen molar-refractivity contribution >= 4 is 5.91 Å². The number of benzene rings is 1. The lowest BCUT2D eigenvalue weighted by molar-refractivity contribution is 0.0469. The fourth-order valence-corrected chi connectivity index (χ4v) is 1.24. The third-order valence-electron chi connectivity index (χ3n) is 2.78. The van der Waals surface area contributed by atoms with Gasteiger partial charge in [0.05, 0.1) is 17.7 Å². The van der Waals surface area contributed by atoms with Crippen molar-refractivity contribution in [2.45, 2.75) is 19.4 Å². The Morgan fingerprint density at radius 3 is 2.53 bits per heavy atom. The normalized spacial score (nSPS) is 11.4. The van der Waals surface area contributed by atoms with Crippen molar-refractivity contribution in [1.82, 2.24) is 4.90 Å². The van der Waals surface area contributed by atoms with E-state index in [1.165, 1.54) is 24.1 Å². The van der Waals surface area contributed by atoms with Gasteiger partial charge in [0, 0.05) is 13.1 Å². The van der Waals surface area contributed by atoms with E-state index in [4.69, 9.17) is 10.2 Å². The van der Waals surface area contributed by atoms with Gasteiger partial charge in [-0.3, -0.25) is 4.79 Å². The average molecular weight is 241 g/mol. The summed E-state index contributed by atoms with van der Waals surface area (Å²) < 4.78 is 13.5. The molecule has 0 atom stereocenters. The van der Waals surface area contributed by atoms with Crippen LogP contribution in [0.3, 0.4) is 0 Å². The lowest BCUT2D eigenvalue weighted by Crippen LogP contribution is -2.47. The lowest BCUT2D eigenvalue weighted by Gasteiger charge is -2.34. The van der Waals surface area contributed by atoms with Gasteiger partial charge in [-0.2, -0.15) is 0 Å². The quantitative estimate of drug-likeness (QED) is 0.840. The summed E-state index contributed by atoms with van der Waals surface area (Å²) in [4.78, 5) is 13.2. The number of rotatable bonds is 3. The van der Waals surface area contributed by atoms with Crippen molar-refractivity contribution in [3.05, 3.63) is 29.6 Å². The molecule has 17 heavy (non-hydrogen) atoms. The number of nitrogens with zero attached hydrogens (tertiary/aromatic N) is 1. The van der Waals surface area contributed by atoms with Crippen molar-refractivity contribution in [1.29, 1.82) is 0 Å². The Hall–Kier alpha value is -1.62. The molecule has 0 saturated carbocycles. The molecule has 0 unspecified atom stereocenters. The van der Waals surface area contributed by atoms with Crippen molar-refractivity contribution in [2.75, 3.05) is 13.7 Å². The molecule has 0 spiro atoms. The number of likely N-dealkylation sites (N-methyl/N-ethyl adjacent to an activating group) is 1. The summed E-state index contributed by atoms with van der Waals surface area (Å²) in [5.74, 6) is -1.56. The molecular formula is C12H16FNO3. The number of phenols is 1. The number of carbonyl (C=O) groups excluding carboxylic acids is 1. The number of aromatic hydroxyl groups is 1. The van der Waals surface area contributed by atoms with Gasteiger partial charge in [-0.15, -0.1) is 0 Å². The van der Waals surface area contributed by atoms with Crippen LogP contribution in [0.25, 0.3) is 0 Å². The van der Waals surface area contributed by atoms with E-state index in [9.17, 15) is 9.18 Å². The zero-order valence-corrected chi connectivity index (χ0v) is 10.1. The smallest absolute Gasteiger partial charge is 0.257 e. The van der Waals surface area contributed by atoms with Gasteiger partial charge in [-0.05, 0) is 26.0 Å². The van der Waals surface area contributed by atoms with Crippen LogP contribution in [0.1, 0.15) is 24.2 Å². The first-order valence-corrected chi connectivity index (χ1v) is 5.17. The molecule has 0 bridgehead atoms. The summed E-state index contributed by atoms with van der Waals surface area (Å²) in [6.07, 6.45) is 0. The molecule has 0 fully saturated rings. The third-order valence-corrected chi connectivity index (χ3v) is 2.78. The summed E-state index contributed by atoms with van der Waals surface area (Å²) in [5.41, 5.74) is -0.909. The van der Waals surface area contributed by atoms with Crippen LogP contribution in [-0.2, 0) is 0 Å². The molecule has 2 N–H and O–H groups in total. The highest BCUT2D eigenvalue weighted by Gasteiger charge is 2.28. The predicted octanol–water partition coefficient (Wildman–Crippen LogP) is 1.37. The molecule has 0 radical (unpaired) electrons. The van der Waals surface area contributed by atoms with E-state index in [0.717, 1.165) is 6.07 Å². The molecule has 1 aromatic carbocycles. The van der Waals surface area contributed by atoms with E-state index < -0.39 is 17.3 Å². The first-order valence-electron chi connectivity index (χ1n) is 5.17. The Morgan fingerprint density at radius 1 is 1.47 bits per heavy atom. The topological polar surface area (TPSA) is 60.8 Å². The SMILES string of the molecule is CN(C(=O)c1ccc(O)cc1F)C(C)(C)CO. The third kappa shape index (κ3) is 2.74. The molecule has 94 valence electrons. The number of hydrogen-bond acceptors (Lipinski definition) is 3. The van der Waals surface area contributed by atoms with Gasteiger partial charge in [0.15, 0.2) is 0 Å². The minimum Gasteiger partial charge on any atom is -0.508 e. The maximum absolute atomic E-state index is 13.5. The Morgan fingerprint density at radius 2 is 2.06 bits per heavy atom. The molecule has 1 rings (SSSR count). The molecule has 0 aromatic heterocycles. The minimum absolute atomic E-state index is 0.133. The summed E-state index contributed by atoms with van der Waals surface area (Å²) in [5, 5.41) is 18.2. The predicted molar refractivity (Wildman–Crippen MR) is 61.3 cm³/mol. The van der Waals surface area contributed by atoms with Crippen molar-refractivity contribution < 1.29 is 19.4 Å². The van der Waals surface area contributed by atoms with Gasteiger partial charge in [0.25, 0.3) is 5.91 Å². The minimum atomic E-state index is -0.782. The highest BCUT2D eigenvalue weighted by Crippen LogP contribution is 2.20. The number of phenolic OH excluding ortho intramolecular Hbond substituents is 1. The number of aliphatic hydroxyl groups is 1. The van der Waals surface area contributed by atoms with Crippen molar-refractivity contribution in [3.8, 4) is 5.75 Å². The number of carbonyl (C=O) groups is 1. The second-order valence-electron chi connectivity index (χ2n) is 4.50. The lowest BCUT2D eigenvalue weighted by atomic mass is 10.0. The molecule has 1 amide bonds. The van der Waals surface area contributed by atoms with Crippen LogP contribution in [-0.4, -0.2) is 40.2 Å². The molecule has 5 heteroatoms. The molecule has 0 aliphatic heterocycles. The fraction of sp³-hybridized carbons (Fsp3) is 0.417. The summed E-state index contributed by atoms with van der Waals surface area (Å²) >= 11 is 0. The molecule has 4 nitrogen and oxygen atoms in total. The monoisotopic (exact) mass is 241 g/mol. The van der Waals surface area contributed by atoms with Gasteiger partial charge >= 0.3 is 0 Å². The molecule has 0 heterocycles. The largest absolute Gasteiger partial charge is 0.508 e. The number of amides is 1. The van der Waals surface area contributed by atoms with Crippen LogP contribution < -0.4 is 0 Å². The molecule has 1 aromatic rings. The highest BCUT2D eigenvalue weighted by molar-refractivity contribution is 5.95. The molecule has 0 aliphatic rings. The number of hydrogen-bond donors (Lipinski definition) is 2. The highest BCUT2D eigenvalue weighted by atomic mass is 19.1. The zero-order chi connectivity index (χ0) is 13.2. The van der Waals surface area contributed by atoms with Crippen LogP contribution in [0.2, 0.25) is 0 Å². The van der Waals surface area contributed by atoms with Crippen LogP contribution >= 0.6 is 0 Å². The van der Waals surface area contributed by atoms with E-state index in [1.54, 1.807) is 13.8 Å². The van der Waals surface area contributed by atoms with E-state index >= 15 is 0 Å². The van der Waals surface area contributed by atoms with E-state index in [2.05, 4.69) is 0 Å². The first-order chi connectivity index (χ1) is 7.79. The van der Waals surface area contributed by atoms with Gasteiger partial charge in [-0.25, -0.2) is 4.39 Å². The van der Waals surface area contributed by atoms with Crippen molar-refractivity contribution in [2.24, 2.45) is 0 Å². The molecular weight excluding hydrogens is 225 g/mol. The Labute approximate surface area is 99.3 Å². The maximum atomic E-state index is 13.5. The summed E-state index contributed by atoms with van der Waals surface area (Å²) in [6, 6.07) is 3.35. The standard InChI is InChI=1S/C12H16FNO3/c1-12(2,7-15)14(3)11(17)9-5-4-8(16)6-10(9)13/h4-6,15-16H,7H2,1-3H3. The Kier molecular flexibility index (Phi) is 3.72. The average Bonchev–Trinajstić information content (AvgIpc) is 2.27. The number of aliphatic hydroxyl groups excluding tert-OH is 1. The first kappa shape index (κ1) is 13.4. The Bertz CT molecular complexity index is 432. The van der Waals surface area contributed by atoms with Crippen LogP contribution in [0.5, 0.6) is 5.75 Å². The Balaban J connectivity index is 3.05. The van der Waals surface area contributed by atoms with Crippen LogP contribution in [0.4, 0.5) is 4.39 Å². The van der Waals surface area contributed by atoms with E-state index in [1.807, 2.05) is 0 Å². The van der Waals surface area contributed by atoms with Gasteiger partial charge in [0.1, 0.15) is 11.6 Å². The van der Waals surface area contributed by atoms with Gasteiger partial charge in [-0.1, -0.05) is 0 Å². The van der Waals surface area contributed by atoms with E-state index in [0.29, 0.717) is 0 Å². The van der Waals surface area contributed by atoms with E-state index in [-0.39, 0.29) is 17.9 Å². The van der Waals surface area contributed by atoms with Crippen molar-refractivity contribution in [3.63, 3.8) is 0 Å². The van der Waals surface area contributed by atoms with Crippen LogP contribution in [0, 0.1) is 5.82 Å². The molecule has 0 aliphatic carbocycles. The summed E-state index contributed by atoms with van der Waals surface area (Å²) in [6.45, 7) is 3.11. The van der Waals surface area contributed by atoms with Gasteiger partial charge in [0.2, 0.25) is 0 Å². The van der Waals surface area contributed by atoms with Gasteiger partial charge < -0.3 is 15.1 Å². The maximum Gasteiger partial charge on any atom is 0.257 e.